The second-order valence-corrected chi connectivity index (χ2v) is 8.09. The Kier molecular flexibility index (Phi) is 7.07. The molecule has 2 amide bonds. The summed E-state index contributed by atoms with van der Waals surface area (Å²) in [7, 11) is 0. The van der Waals surface area contributed by atoms with Crippen LogP contribution in [0.4, 0.5) is 9.59 Å². The summed E-state index contributed by atoms with van der Waals surface area (Å²) < 4.78 is 10.7. The molecule has 1 aliphatic heterocycles. The van der Waals surface area contributed by atoms with Gasteiger partial charge in [-0.25, -0.2) is 15.0 Å². The number of likely N-dealkylation sites (tertiary alicyclic amines) is 1. The van der Waals surface area contributed by atoms with Crippen LogP contribution in [0.15, 0.2) is 30.3 Å². The first-order chi connectivity index (χ1) is 12.7. The van der Waals surface area contributed by atoms with Gasteiger partial charge >= 0.3 is 12.2 Å². The second-order valence-electron chi connectivity index (χ2n) is 8.09. The summed E-state index contributed by atoms with van der Waals surface area (Å²) in [6, 6.07) is 9.57. The standard InChI is InChI=1S/C20H31N3O4/c1-14-11-17(12-15(2)23(14)19(25)27-20(3,4)5)21-22-18(24)26-13-16-9-7-6-8-10-16/h6-10,14-15,17,21H,11-13H2,1-5H3,(H,22,24). The van der Waals surface area contributed by atoms with E-state index in [2.05, 4.69) is 10.9 Å². The van der Waals surface area contributed by atoms with Crippen LogP contribution < -0.4 is 10.9 Å². The maximum absolute atomic E-state index is 12.4. The zero-order valence-corrected chi connectivity index (χ0v) is 16.8. The van der Waals surface area contributed by atoms with E-state index in [1.807, 2.05) is 65.0 Å². The fourth-order valence-electron chi connectivity index (χ4n) is 3.29. The molecule has 1 heterocycles. The van der Waals surface area contributed by atoms with Gasteiger partial charge in [0.2, 0.25) is 0 Å². The Balaban J connectivity index is 1.77. The lowest BCUT2D eigenvalue weighted by molar-refractivity contribution is -0.00481. The largest absolute Gasteiger partial charge is 0.444 e. The summed E-state index contributed by atoms with van der Waals surface area (Å²) in [4.78, 5) is 26.1. The van der Waals surface area contributed by atoms with E-state index in [9.17, 15) is 9.59 Å². The van der Waals surface area contributed by atoms with E-state index in [0.29, 0.717) is 12.8 Å². The number of benzene rings is 1. The van der Waals surface area contributed by atoms with Gasteiger partial charge in [-0.3, -0.25) is 5.43 Å². The molecule has 1 fully saturated rings. The zero-order valence-electron chi connectivity index (χ0n) is 16.8. The Morgan fingerprint density at radius 3 is 2.26 bits per heavy atom. The Hall–Kier alpha value is -2.28. The molecule has 150 valence electrons. The Morgan fingerprint density at radius 2 is 1.70 bits per heavy atom. The number of carbonyl (C=O) groups excluding carboxylic acids is 2. The molecule has 7 nitrogen and oxygen atoms in total. The van der Waals surface area contributed by atoms with E-state index in [-0.39, 0.29) is 30.8 Å². The molecular formula is C20H31N3O4. The number of rotatable bonds is 4. The van der Waals surface area contributed by atoms with Gasteiger partial charge in [-0.1, -0.05) is 30.3 Å². The molecule has 7 heteroatoms. The number of nitrogens with zero attached hydrogens (tertiary/aromatic N) is 1. The summed E-state index contributed by atoms with van der Waals surface area (Å²) >= 11 is 0. The molecular weight excluding hydrogens is 346 g/mol. The smallest absolute Gasteiger partial charge is 0.421 e. The van der Waals surface area contributed by atoms with Crippen LogP contribution in [0.5, 0.6) is 0 Å². The first-order valence-corrected chi connectivity index (χ1v) is 9.39. The van der Waals surface area contributed by atoms with E-state index in [0.717, 1.165) is 5.56 Å². The van der Waals surface area contributed by atoms with Gasteiger partial charge in [-0.15, -0.1) is 0 Å². The molecule has 1 saturated heterocycles. The molecule has 0 saturated carbocycles. The van der Waals surface area contributed by atoms with Crippen molar-refractivity contribution < 1.29 is 19.1 Å². The van der Waals surface area contributed by atoms with Crippen molar-refractivity contribution in [1.29, 1.82) is 0 Å². The van der Waals surface area contributed by atoms with Gasteiger partial charge in [0.1, 0.15) is 12.2 Å². The molecule has 0 bridgehead atoms. The fraction of sp³-hybridized carbons (Fsp3) is 0.600. The summed E-state index contributed by atoms with van der Waals surface area (Å²) in [6.45, 7) is 9.78. The third kappa shape index (κ3) is 6.75. The highest BCUT2D eigenvalue weighted by atomic mass is 16.6. The molecule has 1 aromatic carbocycles. The number of hydrazine groups is 1. The van der Waals surface area contributed by atoms with Crippen LogP contribution in [0.25, 0.3) is 0 Å². The number of piperidine rings is 1. The lowest BCUT2D eigenvalue weighted by Gasteiger charge is -2.42. The first-order valence-electron chi connectivity index (χ1n) is 9.39. The predicted octanol–water partition coefficient (Wildman–Crippen LogP) is 3.59. The van der Waals surface area contributed by atoms with E-state index < -0.39 is 11.7 Å². The lowest BCUT2D eigenvalue weighted by Crippen LogP contribution is -2.57. The molecule has 2 rings (SSSR count). The molecule has 0 aliphatic carbocycles. The number of hydrogen-bond acceptors (Lipinski definition) is 5. The van der Waals surface area contributed by atoms with Gasteiger partial charge in [0, 0.05) is 18.1 Å². The van der Waals surface area contributed by atoms with Crippen molar-refractivity contribution in [3.05, 3.63) is 35.9 Å². The Bertz CT molecular complexity index is 618. The maximum atomic E-state index is 12.4. The van der Waals surface area contributed by atoms with Crippen molar-refractivity contribution in [3.8, 4) is 0 Å². The highest BCUT2D eigenvalue weighted by Crippen LogP contribution is 2.25. The number of ether oxygens (including phenoxy) is 2. The number of hydrogen-bond donors (Lipinski definition) is 2. The van der Waals surface area contributed by atoms with E-state index >= 15 is 0 Å². The van der Waals surface area contributed by atoms with Crippen molar-refractivity contribution in [2.45, 2.75) is 77.8 Å². The van der Waals surface area contributed by atoms with Crippen molar-refractivity contribution in [2.75, 3.05) is 0 Å². The zero-order chi connectivity index (χ0) is 20.0. The van der Waals surface area contributed by atoms with E-state index in [1.54, 1.807) is 4.90 Å². The molecule has 0 spiro atoms. The average Bonchev–Trinajstić information content (AvgIpc) is 2.57. The highest BCUT2D eigenvalue weighted by Gasteiger charge is 2.36. The van der Waals surface area contributed by atoms with Crippen LogP contribution in [0.1, 0.15) is 53.0 Å². The number of nitrogens with one attached hydrogen (secondary N) is 2. The summed E-state index contributed by atoms with van der Waals surface area (Å²) in [5, 5.41) is 0. The van der Waals surface area contributed by atoms with Gasteiger partial charge in [-0.2, -0.15) is 0 Å². The third-order valence-corrected chi connectivity index (χ3v) is 4.40. The third-order valence-electron chi connectivity index (χ3n) is 4.40. The highest BCUT2D eigenvalue weighted by molar-refractivity contribution is 5.69. The monoisotopic (exact) mass is 377 g/mol. The minimum Gasteiger partial charge on any atom is -0.444 e. The maximum Gasteiger partial charge on any atom is 0.421 e. The predicted molar refractivity (Wildman–Crippen MR) is 103 cm³/mol. The fourth-order valence-corrected chi connectivity index (χ4v) is 3.29. The molecule has 2 N–H and O–H groups in total. The van der Waals surface area contributed by atoms with Crippen LogP contribution >= 0.6 is 0 Å². The normalized spacial score (nSPS) is 22.9. The number of carbonyl (C=O) groups is 2. The topological polar surface area (TPSA) is 79.9 Å². The van der Waals surface area contributed by atoms with Crippen molar-refractivity contribution in [1.82, 2.24) is 15.8 Å². The van der Waals surface area contributed by atoms with Crippen molar-refractivity contribution >= 4 is 12.2 Å². The Morgan fingerprint density at radius 1 is 1.11 bits per heavy atom. The van der Waals surface area contributed by atoms with Crippen molar-refractivity contribution in [2.24, 2.45) is 0 Å². The van der Waals surface area contributed by atoms with Crippen LogP contribution in [0.2, 0.25) is 0 Å². The van der Waals surface area contributed by atoms with Gasteiger partial charge in [0.25, 0.3) is 0 Å². The average molecular weight is 377 g/mol. The first kappa shape index (κ1) is 21.0. The van der Waals surface area contributed by atoms with Crippen LogP contribution in [0.3, 0.4) is 0 Å². The van der Waals surface area contributed by atoms with Gasteiger partial charge in [0.15, 0.2) is 0 Å². The van der Waals surface area contributed by atoms with E-state index in [4.69, 9.17) is 9.47 Å². The Labute approximate surface area is 161 Å². The minimum atomic E-state index is -0.520. The molecule has 1 aliphatic rings. The minimum absolute atomic E-state index is 0.00300. The molecule has 2 unspecified atom stereocenters. The molecule has 1 aromatic rings. The quantitative estimate of drug-likeness (QED) is 0.784. The van der Waals surface area contributed by atoms with Gasteiger partial charge < -0.3 is 14.4 Å². The molecule has 2 atom stereocenters. The second kappa shape index (κ2) is 9.08. The van der Waals surface area contributed by atoms with E-state index in [1.165, 1.54) is 0 Å². The SMILES string of the molecule is CC1CC(NNC(=O)OCc2ccccc2)CC(C)N1C(=O)OC(C)(C)C. The lowest BCUT2D eigenvalue weighted by atomic mass is 9.93. The van der Waals surface area contributed by atoms with Gasteiger partial charge in [-0.05, 0) is 53.0 Å². The summed E-state index contributed by atoms with van der Waals surface area (Å²) in [6.07, 6.45) is 0.607. The molecule has 27 heavy (non-hydrogen) atoms. The van der Waals surface area contributed by atoms with Gasteiger partial charge in [0.05, 0.1) is 0 Å². The number of amides is 2. The summed E-state index contributed by atoms with van der Waals surface area (Å²) in [5.74, 6) is 0. The van der Waals surface area contributed by atoms with Crippen LogP contribution in [-0.4, -0.2) is 40.8 Å². The van der Waals surface area contributed by atoms with Crippen LogP contribution in [0, 0.1) is 0 Å². The van der Waals surface area contributed by atoms with Crippen molar-refractivity contribution in [3.63, 3.8) is 0 Å². The van der Waals surface area contributed by atoms with Crippen LogP contribution in [-0.2, 0) is 16.1 Å². The molecule has 0 aromatic heterocycles. The molecule has 0 radical (unpaired) electrons. The summed E-state index contributed by atoms with van der Waals surface area (Å²) in [5.41, 5.74) is 6.04.